The lowest BCUT2D eigenvalue weighted by atomic mass is 10.1. The number of fused-ring (bicyclic) bond motifs is 2. The topological polar surface area (TPSA) is 125 Å². The van der Waals surface area contributed by atoms with Gasteiger partial charge in [0.1, 0.15) is 23.2 Å². The Bertz CT molecular complexity index is 1260. The predicted molar refractivity (Wildman–Crippen MR) is 123 cm³/mol. The molecule has 1 aromatic carbocycles. The summed E-state index contributed by atoms with van der Waals surface area (Å²) >= 11 is 0. The number of anilines is 1. The van der Waals surface area contributed by atoms with Crippen molar-refractivity contribution in [3.8, 4) is 0 Å². The standard InChI is InChI=1S/C24H24N4O5/c1-14-18(17-5-3-4-6-20(17)33-14)13-28(2)21(29)10-7-15-11-16-8-9-19(26-24(31)32)23(30)27-22(16)25-12-15/h3-7,10-12,19,26H,8-9,13H2,1-2H3,(H,31,32)(H,25,27,30)/b10-7+/t19-/m0/s1. The zero-order chi connectivity index (χ0) is 23.5. The monoisotopic (exact) mass is 448 g/mol. The molecule has 0 unspecified atom stereocenters. The predicted octanol–water partition coefficient (Wildman–Crippen LogP) is 3.33. The lowest BCUT2D eigenvalue weighted by Crippen LogP contribution is -2.42. The maximum atomic E-state index is 12.7. The highest BCUT2D eigenvalue weighted by Gasteiger charge is 2.25. The van der Waals surface area contributed by atoms with E-state index in [1.54, 1.807) is 24.2 Å². The number of benzene rings is 1. The fraction of sp³-hybridized carbons (Fsp3) is 0.250. The molecular formula is C24H24N4O5. The lowest BCUT2D eigenvalue weighted by molar-refractivity contribution is -0.125. The van der Waals surface area contributed by atoms with Crippen LogP contribution in [0.25, 0.3) is 17.0 Å². The van der Waals surface area contributed by atoms with Crippen molar-refractivity contribution in [3.05, 3.63) is 65.1 Å². The van der Waals surface area contributed by atoms with Gasteiger partial charge in [0.05, 0.1) is 0 Å². The second kappa shape index (κ2) is 9.15. The molecule has 9 nitrogen and oxygen atoms in total. The van der Waals surface area contributed by atoms with E-state index >= 15 is 0 Å². The van der Waals surface area contributed by atoms with E-state index in [1.807, 2.05) is 37.3 Å². The number of rotatable bonds is 5. The van der Waals surface area contributed by atoms with Gasteiger partial charge in [0, 0.05) is 36.8 Å². The first-order valence-electron chi connectivity index (χ1n) is 10.5. The second-order valence-electron chi connectivity index (χ2n) is 7.97. The van der Waals surface area contributed by atoms with Crippen LogP contribution >= 0.6 is 0 Å². The maximum Gasteiger partial charge on any atom is 0.405 e. The molecule has 2 aromatic heterocycles. The number of nitrogens with one attached hydrogen (secondary N) is 2. The average Bonchev–Trinajstić information content (AvgIpc) is 3.01. The zero-order valence-electron chi connectivity index (χ0n) is 18.3. The summed E-state index contributed by atoms with van der Waals surface area (Å²) in [5.41, 5.74) is 3.26. The Hall–Kier alpha value is -4.14. The van der Waals surface area contributed by atoms with Crippen LogP contribution in [0, 0.1) is 6.92 Å². The number of hydrogen-bond acceptors (Lipinski definition) is 5. The third kappa shape index (κ3) is 4.87. The molecule has 4 rings (SSSR count). The Balaban J connectivity index is 1.44. The van der Waals surface area contributed by atoms with Crippen LogP contribution in [0.2, 0.25) is 0 Å². The second-order valence-corrected chi connectivity index (χ2v) is 7.97. The third-order valence-corrected chi connectivity index (χ3v) is 5.64. The molecule has 0 aliphatic carbocycles. The number of para-hydroxylation sites is 1. The summed E-state index contributed by atoms with van der Waals surface area (Å²) in [5, 5.41) is 14.7. The number of likely N-dealkylation sites (N-methyl/N-ethyl adjacent to an activating group) is 1. The smallest absolute Gasteiger partial charge is 0.405 e. The van der Waals surface area contributed by atoms with E-state index in [0.717, 1.165) is 27.9 Å². The molecule has 0 bridgehead atoms. The fourth-order valence-corrected chi connectivity index (χ4v) is 3.87. The summed E-state index contributed by atoms with van der Waals surface area (Å²) in [6, 6.07) is 8.73. The van der Waals surface area contributed by atoms with Gasteiger partial charge in [0.25, 0.3) is 0 Å². The molecule has 0 radical (unpaired) electrons. The Labute approximate surface area is 190 Å². The molecule has 0 spiro atoms. The molecule has 3 heterocycles. The van der Waals surface area contributed by atoms with Gasteiger partial charge in [0.2, 0.25) is 11.8 Å². The van der Waals surface area contributed by atoms with Crippen LogP contribution in [0.4, 0.5) is 10.6 Å². The fourth-order valence-electron chi connectivity index (χ4n) is 3.87. The van der Waals surface area contributed by atoms with Gasteiger partial charge in [-0.2, -0.15) is 0 Å². The molecule has 3 amide bonds. The van der Waals surface area contributed by atoms with E-state index in [1.165, 1.54) is 6.08 Å². The Morgan fingerprint density at radius 2 is 2.15 bits per heavy atom. The minimum Gasteiger partial charge on any atom is -0.465 e. The number of furan rings is 1. The summed E-state index contributed by atoms with van der Waals surface area (Å²) in [4.78, 5) is 41.6. The van der Waals surface area contributed by atoms with E-state index in [9.17, 15) is 14.4 Å². The molecule has 0 saturated heterocycles. The van der Waals surface area contributed by atoms with Crippen LogP contribution in [0.1, 0.15) is 28.9 Å². The van der Waals surface area contributed by atoms with Crippen molar-refractivity contribution in [2.24, 2.45) is 0 Å². The summed E-state index contributed by atoms with van der Waals surface area (Å²) < 4.78 is 5.78. The zero-order valence-corrected chi connectivity index (χ0v) is 18.3. The molecule has 33 heavy (non-hydrogen) atoms. The van der Waals surface area contributed by atoms with Crippen LogP contribution in [-0.4, -0.2) is 46.0 Å². The first kappa shape index (κ1) is 22.1. The highest BCUT2D eigenvalue weighted by atomic mass is 16.4. The van der Waals surface area contributed by atoms with E-state index in [4.69, 9.17) is 9.52 Å². The van der Waals surface area contributed by atoms with Crippen molar-refractivity contribution in [2.45, 2.75) is 32.4 Å². The molecule has 3 aromatic rings. The molecule has 0 fully saturated rings. The van der Waals surface area contributed by atoms with Gasteiger partial charge in [-0.25, -0.2) is 9.78 Å². The van der Waals surface area contributed by atoms with Crippen molar-refractivity contribution in [1.82, 2.24) is 15.2 Å². The molecule has 170 valence electrons. The van der Waals surface area contributed by atoms with Crippen molar-refractivity contribution in [3.63, 3.8) is 0 Å². The number of carboxylic acid groups (broad SMARTS) is 1. The minimum absolute atomic E-state index is 0.173. The van der Waals surface area contributed by atoms with Gasteiger partial charge in [-0.3, -0.25) is 9.59 Å². The van der Waals surface area contributed by atoms with Crippen LogP contribution in [-0.2, 0) is 22.6 Å². The Kier molecular flexibility index (Phi) is 6.12. The van der Waals surface area contributed by atoms with Crippen molar-refractivity contribution in [1.29, 1.82) is 0 Å². The highest BCUT2D eigenvalue weighted by molar-refractivity contribution is 5.97. The van der Waals surface area contributed by atoms with Gasteiger partial charge in [0.15, 0.2) is 0 Å². The van der Waals surface area contributed by atoms with Crippen LogP contribution < -0.4 is 10.6 Å². The highest BCUT2D eigenvalue weighted by Crippen LogP contribution is 2.26. The first-order valence-corrected chi connectivity index (χ1v) is 10.5. The summed E-state index contributed by atoms with van der Waals surface area (Å²) in [7, 11) is 1.73. The van der Waals surface area contributed by atoms with Gasteiger partial charge < -0.3 is 25.1 Å². The van der Waals surface area contributed by atoms with E-state index in [2.05, 4.69) is 15.6 Å². The van der Waals surface area contributed by atoms with E-state index < -0.39 is 18.0 Å². The third-order valence-electron chi connectivity index (χ3n) is 5.64. The number of hydrogen-bond donors (Lipinski definition) is 3. The molecule has 0 saturated carbocycles. The number of aryl methyl sites for hydroxylation is 2. The van der Waals surface area contributed by atoms with Crippen molar-refractivity contribution >= 4 is 40.8 Å². The summed E-state index contributed by atoms with van der Waals surface area (Å²) in [5.74, 6) is 0.574. The molecule has 9 heteroatoms. The van der Waals surface area contributed by atoms with Gasteiger partial charge in [-0.15, -0.1) is 0 Å². The van der Waals surface area contributed by atoms with Crippen LogP contribution in [0.5, 0.6) is 0 Å². The maximum absolute atomic E-state index is 12.7. The van der Waals surface area contributed by atoms with E-state index in [0.29, 0.717) is 30.8 Å². The normalized spacial score (nSPS) is 15.7. The Morgan fingerprint density at radius 3 is 2.94 bits per heavy atom. The minimum atomic E-state index is -1.25. The van der Waals surface area contributed by atoms with E-state index in [-0.39, 0.29) is 5.91 Å². The number of nitrogens with zero attached hydrogens (tertiary/aromatic N) is 2. The lowest BCUT2D eigenvalue weighted by Gasteiger charge is -2.15. The number of carbonyl (C=O) groups is 3. The Morgan fingerprint density at radius 1 is 1.36 bits per heavy atom. The first-order chi connectivity index (χ1) is 15.8. The van der Waals surface area contributed by atoms with Crippen molar-refractivity contribution < 1.29 is 23.9 Å². The number of carbonyl (C=O) groups excluding carboxylic acids is 2. The SMILES string of the molecule is Cc1oc2ccccc2c1CN(C)C(=O)/C=C/c1cnc2c(c1)CC[C@H](NC(=O)O)C(=O)N2. The molecule has 1 aliphatic heterocycles. The largest absolute Gasteiger partial charge is 0.465 e. The molecule has 3 N–H and O–H groups in total. The van der Waals surface area contributed by atoms with Gasteiger partial charge in [-0.05, 0) is 49.1 Å². The molecular weight excluding hydrogens is 424 g/mol. The quantitative estimate of drug-likeness (QED) is 0.514. The van der Waals surface area contributed by atoms with Crippen LogP contribution in [0.3, 0.4) is 0 Å². The summed E-state index contributed by atoms with van der Waals surface area (Å²) in [6.45, 7) is 2.30. The molecule has 1 aliphatic rings. The van der Waals surface area contributed by atoms with Crippen LogP contribution in [0.15, 0.2) is 47.0 Å². The number of amides is 3. The van der Waals surface area contributed by atoms with Gasteiger partial charge >= 0.3 is 6.09 Å². The number of pyridine rings is 1. The van der Waals surface area contributed by atoms with Gasteiger partial charge in [-0.1, -0.05) is 18.2 Å². The molecule has 1 atom stereocenters. The van der Waals surface area contributed by atoms with Crippen molar-refractivity contribution in [2.75, 3.05) is 12.4 Å². The summed E-state index contributed by atoms with van der Waals surface area (Å²) in [6.07, 6.45) is 4.24. The number of aromatic nitrogens is 1. The average molecular weight is 448 g/mol.